The average Bonchev–Trinajstić information content (AvgIpc) is 2.68. The van der Waals surface area contributed by atoms with E-state index >= 15 is 0 Å². The van der Waals surface area contributed by atoms with Crippen LogP contribution in [-0.2, 0) is 13.0 Å². The van der Waals surface area contributed by atoms with Gasteiger partial charge in [-0.3, -0.25) is 0 Å². The molecule has 28 heavy (non-hydrogen) atoms. The maximum atomic E-state index is 11.2. The summed E-state index contributed by atoms with van der Waals surface area (Å²) in [6, 6.07) is 7.61. The number of likely N-dealkylation sites (N-methyl/N-ethyl adjacent to an activating group) is 1. The number of aromatic hydroxyl groups is 2. The highest BCUT2D eigenvalue weighted by atomic mass is 16.5. The van der Waals surface area contributed by atoms with E-state index < -0.39 is 0 Å². The highest BCUT2D eigenvalue weighted by Crippen LogP contribution is 2.48. The number of hydrogen-bond donors (Lipinski definition) is 2. The first-order valence-corrected chi connectivity index (χ1v) is 9.80. The van der Waals surface area contributed by atoms with E-state index in [1.807, 2.05) is 12.1 Å². The molecule has 1 atom stereocenters. The standard InChI is InChI=1S/C23H27NO4/c1-5-9-24(2)10-8-15-16-7-6-14-11-19(25)20(27-3)12-17(14)21(16)23(28-4)22(26)18(15)13-24/h6-7,11-12H,5,8-10,13H2,1-4H3,(H-,25,26)/p+1. The fourth-order valence-corrected chi connectivity index (χ4v) is 4.79. The zero-order valence-electron chi connectivity index (χ0n) is 17.0. The van der Waals surface area contributed by atoms with Gasteiger partial charge in [-0.15, -0.1) is 0 Å². The van der Waals surface area contributed by atoms with Crippen LogP contribution in [0.2, 0.25) is 0 Å². The van der Waals surface area contributed by atoms with Crippen molar-refractivity contribution in [2.24, 2.45) is 0 Å². The second-order valence-corrected chi connectivity index (χ2v) is 8.05. The highest BCUT2D eigenvalue weighted by Gasteiger charge is 2.33. The van der Waals surface area contributed by atoms with Gasteiger partial charge in [0.2, 0.25) is 0 Å². The van der Waals surface area contributed by atoms with Crippen molar-refractivity contribution < 1.29 is 24.2 Å². The topological polar surface area (TPSA) is 58.9 Å². The summed E-state index contributed by atoms with van der Waals surface area (Å²) in [5, 5.41) is 25.1. The highest BCUT2D eigenvalue weighted by molar-refractivity contribution is 6.14. The first-order valence-electron chi connectivity index (χ1n) is 9.80. The van der Waals surface area contributed by atoms with Crippen LogP contribution in [0.3, 0.4) is 0 Å². The Balaban J connectivity index is 2.06. The van der Waals surface area contributed by atoms with E-state index in [4.69, 9.17) is 9.47 Å². The molecule has 2 N–H and O–H groups in total. The molecule has 0 aliphatic carbocycles. The molecule has 0 radical (unpaired) electrons. The van der Waals surface area contributed by atoms with Crippen LogP contribution in [0.1, 0.15) is 24.5 Å². The lowest BCUT2D eigenvalue weighted by Crippen LogP contribution is -2.48. The van der Waals surface area contributed by atoms with Crippen LogP contribution in [0, 0.1) is 0 Å². The van der Waals surface area contributed by atoms with Gasteiger partial charge >= 0.3 is 0 Å². The van der Waals surface area contributed by atoms with E-state index in [0.717, 1.165) is 64.1 Å². The van der Waals surface area contributed by atoms with Gasteiger partial charge < -0.3 is 24.2 Å². The van der Waals surface area contributed by atoms with Gasteiger partial charge in [-0.25, -0.2) is 0 Å². The van der Waals surface area contributed by atoms with Crippen molar-refractivity contribution in [1.82, 2.24) is 0 Å². The van der Waals surface area contributed by atoms with Crippen LogP contribution < -0.4 is 9.47 Å². The van der Waals surface area contributed by atoms with Crippen molar-refractivity contribution in [3.05, 3.63) is 35.4 Å². The molecule has 3 aromatic carbocycles. The predicted octanol–water partition coefficient (Wildman–Crippen LogP) is 4.33. The number of rotatable bonds is 4. The minimum Gasteiger partial charge on any atom is -0.504 e. The molecular formula is C23H28NO4+. The van der Waals surface area contributed by atoms with Crippen LogP contribution in [0.25, 0.3) is 21.5 Å². The van der Waals surface area contributed by atoms with Gasteiger partial charge in [-0.05, 0) is 40.3 Å². The summed E-state index contributed by atoms with van der Waals surface area (Å²) >= 11 is 0. The minimum absolute atomic E-state index is 0.100. The summed E-state index contributed by atoms with van der Waals surface area (Å²) in [7, 11) is 5.39. The molecule has 1 unspecified atom stereocenters. The van der Waals surface area contributed by atoms with Gasteiger partial charge in [0, 0.05) is 11.8 Å². The number of phenolic OH excluding ortho intramolecular Hbond substituents is 2. The van der Waals surface area contributed by atoms with Crippen molar-refractivity contribution >= 4 is 21.5 Å². The minimum atomic E-state index is 0.100. The van der Waals surface area contributed by atoms with Crippen LogP contribution in [0.15, 0.2) is 24.3 Å². The average molecular weight is 382 g/mol. The Labute approximate surface area is 165 Å². The van der Waals surface area contributed by atoms with Gasteiger partial charge in [0.1, 0.15) is 6.54 Å². The number of phenols is 2. The third-order valence-corrected chi connectivity index (χ3v) is 6.15. The van der Waals surface area contributed by atoms with Gasteiger partial charge in [0.25, 0.3) is 0 Å². The van der Waals surface area contributed by atoms with Crippen molar-refractivity contribution in [2.75, 3.05) is 34.4 Å². The molecule has 0 spiro atoms. The molecule has 0 amide bonds. The third kappa shape index (κ3) is 2.73. The Kier molecular flexibility index (Phi) is 4.50. The van der Waals surface area contributed by atoms with Gasteiger partial charge in [-0.2, -0.15) is 0 Å². The monoisotopic (exact) mass is 382 g/mol. The fraction of sp³-hybridized carbons (Fsp3) is 0.391. The molecule has 4 rings (SSSR count). The summed E-state index contributed by atoms with van der Waals surface area (Å²) in [4.78, 5) is 0. The molecule has 1 aliphatic rings. The molecular weight excluding hydrogens is 354 g/mol. The number of ether oxygens (including phenoxy) is 2. The van der Waals surface area contributed by atoms with Crippen molar-refractivity contribution in [3.63, 3.8) is 0 Å². The first kappa shape index (κ1) is 18.7. The summed E-state index contributed by atoms with van der Waals surface area (Å²) in [6.45, 7) is 5.15. The zero-order chi connectivity index (χ0) is 20.1. The van der Waals surface area contributed by atoms with E-state index in [-0.39, 0.29) is 11.5 Å². The Morgan fingerprint density at radius 3 is 2.50 bits per heavy atom. The molecule has 148 valence electrons. The van der Waals surface area contributed by atoms with E-state index in [2.05, 4.69) is 20.0 Å². The normalized spacial score (nSPS) is 19.0. The Morgan fingerprint density at radius 2 is 1.82 bits per heavy atom. The fourth-order valence-electron chi connectivity index (χ4n) is 4.79. The first-order chi connectivity index (χ1) is 13.4. The molecule has 3 aromatic rings. The number of nitrogens with zero attached hydrogens (tertiary/aromatic N) is 1. The number of hydrogen-bond acceptors (Lipinski definition) is 4. The molecule has 0 bridgehead atoms. The Morgan fingerprint density at radius 1 is 1.04 bits per heavy atom. The predicted molar refractivity (Wildman–Crippen MR) is 112 cm³/mol. The Hall–Kier alpha value is -2.66. The molecule has 0 saturated heterocycles. The van der Waals surface area contributed by atoms with Crippen molar-refractivity contribution in [3.8, 4) is 23.0 Å². The lowest BCUT2D eigenvalue weighted by molar-refractivity contribution is -0.924. The number of fused-ring (bicyclic) bond motifs is 5. The summed E-state index contributed by atoms with van der Waals surface area (Å²) in [6.07, 6.45) is 2.03. The zero-order valence-corrected chi connectivity index (χ0v) is 17.0. The van der Waals surface area contributed by atoms with Gasteiger partial charge in [0.15, 0.2) is 23.0 Å². The van der Waals surface area contributed by atoms with Crippen molar-refractivity contribution in [1.29, 1.82) is 0 Å². The van der Waals surface area contributed by atoms with E-state index in [1.54, 1.807) is 13.2 Å². The van der Waals surface area contributed by atoms with Gasteiger partial charge in [-0.1, -0.05) is 19.1 Å². The molecule has 0 fully saturated rings. The summed E-state index contributed by atoms with van der Waals surface area (Å²) < 4.78 is 12.0. The lowest BCUT2D eigenvalue weighted by atomic mass is 9.88. The third-order valence-electron chi connectivity index (χ3n) is 6.15. The number of methoxy groups -OCH3 is 2. The van der Waals surface area contributed by atoms with Crippen LogP contribution in [-0.4, -0.2) is 49.1 Å². The lowest BCUT2D eigenvalue weighted by Gasteiger charge is -2.39. The maximum absolute atomic E-state index is 11.2. The molecule has 1 heterocycles. The molecule has 5 heteroatoms. The van der Waals surface area contributed by atoms with E-state index in [0.29, 0.717) is 11.5 Å². The molecule has 0 aromatic heterocycles. The molecule has 0 saturated carbocycles. The van der Waals surface area contributed by atoms with Crippen LogP contribution in [0.4, 0.5) is 0 Å². The summed E-state index contributed by atoms with van der Waals surface area (Å²) in [5.74, 6) is 1.25. The van der Waals surface area contributed by atoms with Crippen molar-refractivity contribution in [2.45, 2.75) is 26.3 Å². The Bertz CT molecular complexity index is 1080. The second-order valence-electron chi connectivity index (χ2n) is 8.05. The second kappa shape index (κ2) is 6.74. The SMILES string of the molecule is CCC[N+]1(C)CCc2c(c(O)c(OC)c3c2ccc2cc(O)c(OC)cc23)C1. The number of benzene rings is 3. The smallest absolute Gasteiger partial charge is 0.169 e. The van der Waals surface area contributed by atoms with E-state index in [9.17, 15) is 10.2 Å². The molecule has 5 nitrogen and oxygen atoms in total. The van der Waals surface area contributed by atoms with Crippen LogP contribution in [0.5, 0.6) is 23.0 Å². The van der Waals surface area contributed by atoms with Crippen LogP contribution >= 0.6 is 0 Å². The van der Waals surface area contributed by atoms with Gasteiger partial charge in [0.05, 0.1) is 39.9 Å². The quantitative estimate of drug-likeness (QED) is 0.521. The van der Waals surface area contributed by atoms with E-state index in [1.165, 1.54) is 12.7 Å². The maximum Gasteiger partial charge on any atom is 0.169 e. The summed E-state index contributed by atoms with van der Waals surface area (Å²) in [5.41, 5.74) is 2.20. The largest absolute Gasteiger partial charge is 0.504 e. The molecule has 1 aliphatic heterocycles. The number of quaternary nitrogens is 1.